The van der Waals surface area contributed by atoms with Gasteiger partial charge in [-0.3, -0.25) is 18.8 Å². The molecule has 2 aromatic heterocycles. The van der Waals surface area contributed by atoms with E-state index >= 15 is 0 Å². The summed E-state index contributed by atoms with van der Waals surface area (Å²) in [5, 5.41) is 12.4. The summed E-state index contributed by atoms with van der Waals surface area (Å²) in [6.07, 6.45) is 0. The summed E-state index contributed by atoms with van der Waals surface area (Å²) < 4.78 is 8.73. The Morgan fingerprint density at radius 1 is 1.06 bits per heavy atom. The second-order valence-corrected chi connectivity index (χ2v) is 9.26. The van der Waals surface area contributed by atoms with Crippen molar-refractivity contribution in [2.75, 3.05) is 17.7 Å². The summed E-state index contributed by atoms with van der Waals surface area (Å²) in [5.41, 5.74) is 3.04. The summed E-state index contributed by atoms with van der Waals surface area (Å²) in [6, 6.07) is 19.8. The lowest BCUT2D eigenvalue weighted by molar-refractivity contribution is -0.118. The maximum Gasteiger partial charge on any atom is 0.267 e. The molecule has 0 aliphatic carbocycles. The number of carbonyl (C=O) groups excluding carboxylic acids is 2. The third-order valence-corrected chi connectivity index (χ3v) is 6.95. The Balaban J connectivity index is 1.40. The zero-order chi connectivity index (χ0) is 24.8. The molecule has 10 heteroatoms. The first-order valence-corrected chi connectivity index (χ1v) is 12.2. The van der Waals surface area contributed by atoms with E-state index in [0.29, 0.717) is 38.8 Å². The number of aryl methyl sites for hydroxylation is 1. The number of Topliss-reactive ketones (excluding diaryl/α,β-unsaturated/α-hetero) is 1. The lowest BCUT2D eigenvalue weighted by atomic mass is 10.1. The average molecular weight is 498 g/mol. The number of hydrogen-bond acceptors (Lipinski definition) is 7. The molecule has 1 amide bonds. The lowest BCUT2D eigenvalue weighted by Gasteiger charge is -2.18. The minimum Gasteiger partial charge on any atom is -0.482 e. The number of nitrogens with zero attached hydrogens (tertiary/aromatic N) is 4. The molecular formula is C26H19N5O4S. The summed E-state index contributed by atoms with van der Waals surface area (Å²) in [6.45, 7) is 1.89. The van der Waals surface area contributed by atoms with Gasteiger partial charge in [-0.05, 0) is 48.9 Å². The van der Waals surface area contributed by atoms with E-state index in [1.54, 1.807) is 28.8 Å². The van der Waals surface area contributed by atoms with Crippen LogP contribution in [-0.4, -0.2) is 43.2 Å². The molecule has 0 bridgehead atoms. The number of carbonyl (C=O) groups is 2. The number of thioether (sulfide) groups is 1. The number of anilines is 1. The molecule has 3 heterocycles. The van der Waals surface area contributed by atoms with Gasteiger partial charge in [0.25, 0.3) is 11.5 Å². The van der Waals surface area contributed by atoms with Crippen molar-refractivity contribution in [2.45, 2.75) is 12.1 Å². The number of rotatable bonds is 5. The van der Waals surface area contributed by atoms with Crippen LogP contribution in [0.3, 0.4) is 0 Å². The van der Waals surface area contributed by atoms with Crippen molar-refractivity contribution in [3.8, 4) is 11.4 Å². The Hall–Kier alpha value is -4.44. The molecular weight excluding hydrogens is 478 g/mol. The van der Waals surface area contributed by atoms with Gasteiger partial charge in [-0.1, -0.05) is 42.1 Å². The first-order valence-electron chi connectivity index (χ1n) is 11.2. The highest BCUT2D eigenvalue weighted by Crippen LogP contribution is 2.30. The summed E-state index contributed by atoms with van der Waals surface area (Å²) in [4.78, 5) is 38.1. The summed E-state index contributed by atoms with van der Waals surface area (Å²) in [7, 11) is 0. The van der Waals surface area contributed by atoms with Gasteiger partial charge in [0, 0.05) is 5.56 Å². The molecule has 5 aromatic rings. The van der Waals surface area contributed by atoms with Gasteiger partial charge in [-0.25, -0.2) is 4.57 Å². The fourth-order valence-corrected chi connectivity index (χ4v) is 5.11. The van der Waals surface area contributed by atoms with Crippen LogP contribution < -0.4 is 15.6 Å². The van der Waals surface area contributed by atoms with E-state index in [-0.39, 0.29) is 29.6 Å². The molecule has 0 saturated carbocycles. The van der Waals surface area contributed by atoms with Gasteiger partial charge in [-0.15, -0.1) is 10.2 Å². The molecule has 0 atom stereocenters. The second kappa shape index (κ2) is 8.65. The van der Waals surface area contributed by atoms with Crippen LogP contribution in [0.1, 0.15) is 15.9 Å². The molecule has 0 spiro atoms. The number of hydrogen-bond donors (Lipinski definition) is 1. The topological polar surface area (TPSA) is 108 Å². The SMILES string of the molecule is Cc1ccccc1-n1c(=O)c2ccccc2n2c(SCC(=O)c3ccc4c(c3)NC(=O)CO4)nnc12. The number of benzene rings is 3. The average Bonchev–Trinajstić information content (AvgIpc) is 3.31. The molecule has 0 radical (unpaired) electrons. The van der Waals surface area contributed by atoms with E-state index in [1.165, 1.54) is 11.8 Å². The van der Waals surface area contributed by atoms with E-state index < -0.39 is 0 Å². The molecule has 0 unspecified atom stereocenters. The fourth-order valence-electron chi connectivity index (χ4n) is 4.27. The van der Waals surface area contributed by atoms with Crippen LogP contribution in [0.25, 0.3) is 22.4 Å². The Morgan fingerprint density at radius 3 is 2.72 bits per heavy atom. The molecule has 6 rings (SSSR count). The third-order valence-electron chi connectivity index (χ3n) is 6.02. The third kappa shape index (κ3) is 3.62. The molecule has 1 aliphatic rings. The zero-order valence-electron chi connectivity index (χ0n) is 19.1. The largest absolute Gasteiger partial charge is 0.482 e. The highest BCUT2D eigenvalue weighted by atomic mass is 32.2. The van der Waals surface area contributed by atoms with E-state index in [0.717, 1.165) is 11.3 Å². The number of fused-ring (bicyclic) bond motifs is 4. The Labute approximate surface area is 208 Å². The second-order valence-electron chi connectivity index (χ2n) is 8.32. The van der Waals surface area contributed by atoms with Crippen molar-refractivity contribution in [1.29, 1.82) is 0 Å². The van der Waals surface area contributed by atoms with Gasteiger partial charge >= 0.3 is 0 Å². The summed E-state index contributed by atoms with van der Waals surface area (Å²) in [5.74, 6) is 0.588. The van der Waals surface area contributed by atoms with Gasteiger partial charge in [0.15, 0.2) is 17.5 Å². The molecule has 36 heavy (non-hydrogen) atoms. The van der Waals surface area contributed by atoms with E-state index in [4.69, 9.17) is 4.74 Å². The van der Waals surface area contributed by atoms with Crippen LogP contribution in [-0.2, 0) is 4.79 Å². The Morgan fingerprint density at radius 2 is 1.86 bits per heavy atom. The minimum absolute atomic E-state index is 0.0440. The molecule has 178 valence electrons. The van der Waals surface area contributed by atoms with Gasteiger partial charge < -0.3 is 10.1 Å². The number of aromatic nitrogens is 4. The fraction of sp³-hybridized carbons (Fsp3) is 0.115. The highest BCUT2D eigenvalue weighted by molar-refractivity contribution is 7.99. The van der Waals surface area contributed by atoms with Crippen molar-refractivity contribution in [2.24, 2.45) is 0 Å². The standard InChI is InChI=1S/C26H19N5O4S/c1-15-6-2-4-8-19(15)30-24(34)17-7-3-5-9-20(17)31-25(30)28-29-26(31)36-14-21(32)16-10-11-22-18(12-16)27-23(33)13-35-22/h2-12H,13-14H2,1H3,(H,27,33). The van der Waals surface area contributed by atoms with Crippen LogP contribution in [0.5, 0.6) is 5.75 Å². The monoisotopic (exact) mass is 497 g/mol. The predicted octanol–water partition coefficient (Wildman–Crippen LogP) is 3.65. The van der Waals surface area contributed by atoms with Crippen molar-refractivity contribution < 1.29 is 14.3 Å². The van der Waals surface area contributed by atoms with Crippen LogP contribution in [0, 0.1) is 6.92 Å². The number of nitrogens with one attached hydrogen (secondary N) is 1. The van der Waals surface area contributed by atoms with E-state index in [1.807, 2.05) is 53.8 Å². The first-order chi connectivity index (χ1) is 17.5. The van der Waals surface area contributed by atoms with E-state index in [2.05, 4.69) is 15.5 Å². The van der Waals surface area contributed by atoms with Gasteiger partial charge in [0.2, 0.25) is 5.78 Å². The van der Waals surface area contributed by atoms with Crippen molar-refractivity contribution >= 4 is 45.8 Å². The predicted molar refractivity (Wildman–Crippen MR) is 136 cm³/mol. The lowest BCUT2D eigenvalue weighted by Crippen LogP contribution is -2.25. The Bertz CT molecular complexity index is 1760. The summed E-state index contributed by atoms with van der Waals surface area (Å²) >= 11 is 1.23. The quantitative estimate of drug-likeness (QED) is 0.292. The van der Waals surface area contributed by atoms with Crippen LogP contribution in [0.15, 0.2) is 76.7 Å². The normalized spacial score (nSPS) is 12.9. The molecule has 9 nitrogen and oxygen atoms in total. The van der Waals surface area contributed by atoms with Gasteiger partial charge in [0.05, 0.1) is 28.0 Å². The van der Waals surface area contributed by atoms with Crippen molar-refractivity contribution in [1.82, 2.24) is 19.2 Å². The smallest absolute Gasteiger partial charge is 0.267 e. The highest BCUT2D eigenvalue weighted by Gasteiger charge is 2.21. The van der Waals surface area contributed by atoms with Crippen LogP contribution >= 0.6 is 11.8 Å². The number of ketones is 1. The molecule has 1 aliphatic heterocycles. The van der Waals surface area contributed by atoms with Gasteiger partial charge in [-0.2, -0.15) is 0 Å². The Kier molecular flexibility index (Phi) is 5.30. The minimum atomic E-state index is -0.261. The van der Waals surface area contributed by atoms with Crippen molar-refractivity contribution in [3.63, 3.8) is 0 Å². The maximum atomic E-state index is 13.5. The molecule has 3 aromatic carbocycles. The first kappa shape index (κ1) is 22.1. The molecule has 0 saturated heterocycles. The molecule has 0 fully saturated rings. The van der Waals surface area contributed by atoms with E-state index in [9.17, 15) is 14.4 Å². The van der Waals surface area contributed by atoms with Crippen LogP contribution in [0.2, 0.25) is 0 Å². The zero-order valence-corrected chi connectivity index (χ0v) is 19.9. The van der Waals surface area contributed by atoms with Gasteiger partial charge in [0.1, 0.15) is 5.75 Å². The number of para-hydroxylation sites is 2. The van der Waals surface area contributed by atoms with Crippen molar-refractivity contribution in [3.05, 3.63) is 88.2 Å². The number of amides is 1. The van der Waals surface area contributed by atoms with Crippen LogP contribution in [0.4, 0.5) is 5.69 Å². The number of ether oxygens (including phenoxy) is 1. The molecule has 1 N–H and O–H groups in total. The maximum absolute atomic E-state index is 13.5.